The summed E-state index contributed by atoms with van der Waals surface area (Å²) in [5.74, 6) is 0.785. The first-order valence-corrected chi connectivity index (χ1v) is 10.4. The summed E-state index contributed by atoms with van der Waals surface area (Å²) in [6.45, 7) is 1.43. The van der Waals surface area contributed by atoms with E-state index in [2.05, 4.69) is 0 Å². The Morgan fingerprint density at radius 1 is 1.24 bits per heavy atom. The normalized spacial score (nSPS) is 15.3. The number of ether oxygens (including phenoxy) is 3. The van der Waals surface area contributed by atoms with Crippen molar-refractivity contribution in [3.05, 3.63) is 28.7 Å². The maximum Gasteiger partial charge on any atom is 0.305 e. The van der Waals surface area contributed by atoms with E-state index in [0.29, 0.717) is 46.8 Å². The van der Waals surface area contributed by atoms with Crippen molar-refractivity contribution >= 4 is 46.3 Å². The Hall–Kier alpha value is -2.10. The summed E-state index contributed by atoms with van der Waals surface area (Å²) < 4.78 is 16.2. The Morgan fingerprint density at radius 3 is 2.62 bits per heavy atom. The molecule has 0 radical (unpaired) electrons. The number of methoxy groups -OCH3 is 2. The first kappa shape index (κ1) is 23.2. The smallest absolute Gasteiger partial charge is 0.305 e. The number of esters is 1. The van der Waals surface area contributed by atoms with Crippen LogP contribution in [0.3, 0.4) is 0 Å². The summed E-state index contributed by atoms with van der Waals surface area (Å²) in [7, 11) is 6.96. The quantitative estimate of drug-likeness (QED) is 0.314. The standard InChI is InChI=1S/C20H26N2O5S2/c1-21(2)10-11-27-18(23)6-5-9-22-19(24)17(29-20(22)28)13-14-7-8-15(25-3)16(12-14)26-4/h7-8,12-13H,5-6,9-11H2,1-4H3/b17-13-. The second-order valence-electron chi connectivity index (χ2n) is 6.58. The molecule has 9 heteroatoms. The lowest BCUT2D eigenvalue weighted by Gasteiger charge is -2.14. The molecule has 1 heterocycles. The third-order valence-corrected chi connectivity index (χ3v) is 5.52. The average Bonchev–Trinajstić information content (AvgIpc) is 2.94. The van der Waals surface area contributed by atoms with Crippen LogP contribution in [0.15, 0.2) is 23.1 Å². The molecule has 1 amide bonds. The highest BCUT2D eigenvalue weighted by Gasteiger charge is 2.31. The molecule has 1 aliphatic rings. The lowest BCUT2D eigenvalue weighted by molar-refractivity contribution is -0.144. The fourth-order valence-electron chi connectivity index (χ4n) is 2.58. The van der Waals surface area contributed by atoms with Crippen molar-refractivity contribution in [1.29, 1.82) is 0 Å². The van der Waals surface area contributed by atoms with Crippen LogP contribution in [0.4, 0.5) is 0 Å². The van der Waals surface area contributed by atoms with Gasteiger partial charge in [0.15, 0.2) is 11.5 Å². The Bertz CT molecular complexity index is 795. The van der Waals surface area contributed by atoms with Crippen molar-refractivity contribution in [3.8, 4) is 11.5 Å². The second-order valence-corrected chi connectivity index (χ2v) is 8.25. The van der Waals surface area contributed by atoms with Crippen molar-refractivity contribution in [3.63, 3.8) is 0 Å². The number of hydrogen-bond acceptors (Lipinski definition) is 8. The van der Waals surface area contributed by atoms with Crippen LogP contribution in [0, 0.1) is 0 Å². The van der Waals surface area contributed by atoms with Crippen molar-refractivity contribution in [1.82, 2.24) is 9.80 Å². The van der Waals surface area contributed by atoms with Gasteiger partial charge in [0, 0.05) is 19.5 Å². The number of benzene rings is 1. The molecule has 0 saturated carbocycles. The van der Waals surface area contributed by atoms with Crippen molar-refractivity contribution in [2.24, 2.45) is 0 Å². The highest BCUT2D eigenvalue weighted by molar-refractivity contribution is 8.26. The van der Waals surface area contributed by atoms with E-state index in [9.17, 15) is 9.59 Å². The zero-order chi connectivity index (χ0) is 21.4. The molecule has 158 valence electrons. The van der Waals surface area contributed by atoms with E-state index in [1.807, 2.05) is 25.1 Å². The predicted molar refractivity (Wildman–Crippen MR) is 118 cm³/mol. The van der Waals surface area contributed by atoms with Gasteiger partial charge in [-0.1, -0.05) is 30.0 Å². The van der Waals surface area contributed by atoms with E-state index >= 15 is 0 Å². The van der Waals surface area contributed by atoms with Crippen LogP contribution in [0.2, 0.25) is 0 Å². The lowest BCUT2D eigenvalue weighted by atomic mass is 10.2. The van der Waals surface area contributed by atoms with Crippen LogP contribution < -0.4 is 9.47 Å². The van der Waals surface area contributed by atoms with Gasteiger partial charge in [-0.25, -0.2) is 0 Å². The largest absolute Gasteiger partial charge is 0.493 e. The first-order valence-electron chi connectivity index (χ1n) is 9.13. The topological polar surface area (TPSA) is 68.3 Å². The van der Waals surface area contributed by atoms with E-state index in [4.69, 9.17) is 26.4 Å². The lowest BCUT2D eigenvalue weighted by Crippen LogP contribution is -2.29. The molecule has 0 atom stereocenters. The van der Waals surface area contributed by atoms with Crippen LogP contribution in [0.5, 0.6) is 11.5 Å². The van der Waals surface area contributed by atoms with Gasteiger partial charge < -0.3 is 19.1 Å². The van der Waals surface area contributed by atoms with Crippen molar-refractivity contribution in [2.75, 3.05) is 48.0 Å². The fourth-order valence-corrected chi connectivity index (χ4v) is 3.89. The number of thioether (sulfide) groups is 1. The van der Waals surface area contributed by atoms with Crippen molar-refractivity contribution < 1.29 is 23.8 Å². The molecule has 2 rings (SSSR count). The minimum absolute atomic E-state index is 0.157. The maximum absolute atomic E-state index is 12.7. The molecule has 0 aliphatic carbocycles. The number of amides is 1. The molecule has 1 aliphatic heterocycles. The second kappa shape index (κ2) is 11.2. The predicted octanol–water partition coefficient (Wildman–Crippen LogP) is 2.79. The Kier molecular flexibility index (Phi) is 8.94. The van der Waals surface area contributed by atoms with Gasteiger partial charge in [-0.15, -0.1) is 0 Å². The van der Waals surface area contributed by atoms with Gasteiger partial charge in [0.2, 0.25) is 0 Å². The molecule has 1 aromatic carbocycles. The van der Waals surface area contributed by atoms with Gasteiger partial charge >= 0.3 is 5.97 Å². The molecular weight excluding hydrogens is 412 g/mol. The van der Waals surface area contributed by atoms with Gasteiger partial charge in [0.05, 0.1) is 19.1 Å². The minimum atomic E-state index is -0.266. The van der Waals surface area contributed by atoms with Crippen LogP contribution >= 0.6 is 24.0 Å². The number of hydrogen-bond donors (Lipinski definition) is 0. The summed E-state index contributed by atoms with van der Waals surface area (Å²) in [4.78, 5) is 28.5. The fraction of sp³-hybridized carbons (Fsp3) is 0.450. The molecule has 0 N–H and O–H groups in total. The molecule has 1 fully saturated rings. The van der Waals surface area contributed by atoms with E-state index in [-0.39, 0.29) is 18.3 Å². The van der Waals surface area contributed by atoms with Crippen LogP contribution in [-0.2, 0) is 14.3 Å². The van der Waals surface area contributed by atoms with E-state index < -0.39 is 0 Å². The molecule has 7 nitrogen and oxygen atoms in total. The summed E-state index contributed by atoms with van der Waals surface area (Å²) >= 11 is 6.59. The first-order chi connectivity index (χ1) is 13.8. The maximum atomic E-state index is 12.7. The number of nitrogens with zero attached hydrogens (tertiary/aromatic N) is 2. The molecule has 0 aromatic heterocycles. The third kappa shape index (κ3) is 6.73. The van der Waals surface area contributed by atoms with Crippen LogP contribution in [0.25, 0.3) is 6.08 Å². The molecule has 0 unspecified atom stereocenters. The monoisotopic (exact) mass is 438 g/mol. The van der Waals surface area contributed by atoms with Crippen molar-refractivity contribution in [2.45, 2.75) is 12.8 Å². The van der Waals surface area contributed by atoms with Crippen LogP contribution in [0.1, 0.15) is 18.4 Å². The SMILES string of the molecule is COc1ccc(/C=C2\SC(=S)N(CCCC(=O)OCCN(C)C)C2=O)cc1OC. The van der Waals surface area contributed by atoms with Gasteiger partial charge in [-0.2, -0.15) is 0 Å². The minimum Gasteiger partial charge on any atom is -0.493 e. The van der Waals surface area contributed by atoms with E-state index in [1.165, 1.54) is 16.7 Å². The molecule has 0 bridgehead atoms. The van der Waals surface area contributed by atoms with Gasteiger partial charge in [0.1, 0.15) is 10.9 Å². The van der Waals surface area contributed by atoms with Gasteiger partial charge in [0.25, 0.3) is 5.91 Å². The van der Waals surface area contributed by atoms with Gasteiger partial charge in [-0.3, -0.25) is 14.5 Å². The zero-order valence-electron chi connectivity index (χ0n) is 17.1. The molecule has 29 heavy (non-hydrogen) atoms. The van der Waals surface area contributed by atoms with E-state index in [1.54, 1.807) is 32.4 Å². The van der Waals surface area contributed by atoms with Gasteiger partial charge in [-0.05, 0) is 44.3 Å². The summed E-state index contributed by atoms with van der Waals surface area (Å²) in [5.41, 5.74) is 0.813. The molecule has 0 spiro atoms. The molecule has 1 saturated heterocycles. The molecular formula is C20H26N2O5S2. The number of likely N-dealkylation sites (N-methyl/N-ethyl adjacent to an activating group) is 1. The third-order valence-electron chi connectivity index (χ3n) is 4.14. The summed E-state index contributed by atoms with van der Waals surface area (Å²) in [6.07, 6.45) is 2.52. The average molecular weight is 439 g/mol. The Balaban J connectivity index is 1.92. The Labute approximate surface area is 181 Å². The highest BCUT2D eigenvalue weighted by Crippen LogP contribution is 2.34. The summed E-state index contributed by atoms with van der Waals surface area (Å²) in [5, 5.41) is 0. The molecule has 1 aromatic rings. The zero-order valence-corrected chi connectivity index (χ0v) is 18.7. The summed E-state index contributed by atoms with van der Waals surface area (Å²) in [6, 6.07) is 5.43. The van der Waals surface area contributed by atoms with Crippen LogP contribution in [-0.4, -0.2) is 74.0 Å². The number of thiocarbonyl (C=S) groups is 1. The number of carbonyl (C=O) groups excluding carboxylic acids is 2. The Morgan fingerprint density at radius 2 is 1.97 bits per heavy atom. The number of rotatable bonds is 10. The highest BCUT2D eigenvalue weighted by atomic mass is 32.2. The van der Waals surface area contributed by atoms with E-state index in [0.717, 1.165) is 5.56 Å². The number of carbonyl (C=O) groups is 2.